The second-order valence-corrected chi connectivity index (χ2v) is 9.75. The molecular formula is C16H14ClF2IN2O3S2. The maximum absolute atomic E-state index is 14.2. The number of halogens is 4. The molecule has 1 aliphatic rings. The predicted molar refractivity (Wildman–Crippen MR) is 115 cm³/mol. The smallest absolute Gasteiger partial charge is 0.322 e. The first-order valence-corrected chi connectivity index (χ1v) is 11.3. The second kappa shape index (κ2) is 7.45. The Labute approximate surface area is 179 Å². The fraction of sp³-hybridized carbons (Fsp3) is 0.250. The molecule has 0 radical (unpaired) electrons. The van der Waals surface area contributed by atoms with E-state index in [-0.39, 0.29) is 35.0 Å². The number of sulfonamides is 1. The van der Waals surface area contributed by atoms with Crippen molar-refractivity contribution in [1.82, 2.24) is 0 Å². The van der Waals surface area contributed by atoms with E-state index in [4.69, 9.17) is 16.3 Å². The highest BCUT2D eigenvalue weighted by Crippen LogP contribution is 2.47. The minimum Gasteiger partial charge on any atom is -0.489 e. The van der Waals surface area contributed by atoms with Gasteiger partial charge >= 0.3 is 3.93 Å². The Morgan fingerprint density at radius 3 is 2.63 bits per heavy atom. The molecule has 0 unspecified atom stereocenters. The van der Waals surface area contributed by atoms with E-state index in [1.54, 1.807) is 12.1 Å². The van der Waals surface area contributed by atoms with Crippen molar-refractivity contribution in [1.29, 1.82) is 0 Å². The highest BCUT2D eigenvalue weighted by atomic mass is 127. The summed E-state index contributed by atoms with van der Waals surface area (Å²) in [4.78, 5) is 0. The Bertz CT molecular complexity index is 1000. The molecule has 0 saturated heterocycles. The summed E-state index contributed by atoms with van der Waals surface area (Å²) in [6.07, 6.45) is 1.08. The molecule has 11 heteroatoms. The number of anilines is 2. The van der Waals surface area contributed by atoms with E-state index in [1.807, 2.05) is 0 Å². The van der Waals surface area contributed by atoms with Crippen molar-refractivity contribution < 1.29 is 21.9 Å². The fourth-order valence-corrected chi connectivity index (χ4v) is 4.67. The Morgan fingerprint density at radius 2 is 2.04 bits per heavy atom. The molecule has 1 aliphatic heterocycles. The molecule has 0 aromatic heterocycles. The van der Waals surface area contributed by atoms with Gasteiger partial charge in [-0.1, -0.05) is 30.5 Å². The third-order valence-corrected chi connectivity index (χ3v) is 6.31. The Kier molecular flexibility index (Phi) is 5.72. The van der Waals surface area contributed by atoms with Crippen molar-refractivity contribution in [2.75, 3.05) is 28.4 Å². The number of hydrogen-bond acceptors (Lipinski definition) is 5. The van der Waals surface area contributed by atoms with Crippen molar-refractivity contribution in [3.8, 4) is 16.9 Å². The standard InChI is InChI=1S/C16H14ClF2IN2O3S2/c1-27(23,24)22-4-5-25-14-3-2-9(6-13(14)22)15-11(16(18,19)20)7-10(21-26)8-12(15)17/h2-3,6-8,21,26H,4-5H2,1H3. The summed E-state index contributed by atoms with van der Waals surface area (Å²) in [5.41, 5.74) is 0.767. The Balaban J connectivity index is 2.24. The monoisotopic (exact) mass is 546 g/mol. The van der Waals surface area contributed by atoms with E-state index in [9.17, 15) is 17.2 Å². The van der Waals surface area contributed by atoms with Crippen LogP contribution in [0.4, 0.5) is 20.2 Å². The zero-order valence-electron chi connectivity index (χ0n) is 13.8. The maximum atomic E-state index is 14.2. The van der Waals surface area contributed by atoms with Gasteiger partial charge in [0, 0.05) is 39.4 Å². The van der Waals surface area contributed by atoms with Crippen molar-refractivity contribution in [3.05, 3.63) is 40.9 Å². The molecule has 146 valence electrons. The predicted octanol–water partition coefficient (Wildman–Crippen LogP) is 4.91. The van der Waals surface area contributed by atoms with E-state index in [0.717, 1.165) is 28.8 Å². The van der Waals surface area contributed by atoms with E-state index in [0.29, 0.717) is 17.0 Å². The molecule has 2 aromatic rings. The largest absolute Gasteiger partial charge is 0.489 e. The lowest BCUT2D eigenvalue weighted by molar-refractivity contribution is 0.128. The molecule has 1 heterocycles. The topological polar surface area (TPSA) is 58.6 Å². The van der Waals surface area contributed by atoms with Gasteiger partial charge in [-0.3, -0.25) is 4.31 Å². The average Bonchev–Trinajstić information content (AvgIpc) is 2.58. The number of rotatable bonds is 4. The minimum atomic E-state index is -3.55. The van der Waals surface area contributed by atoms with Gasteiger partial charge in [-0.15, -0.1) is 0 Å². The van der Waals surface area contributed by atoms with Gasteiger partial charge in [-0.25, -0.2) is 8.42 Å². The van der Waals surface area contributed by atoms with Gasteiger partial charge in [-0.05, 0) is 29.8 Å². The lowest BCUT2D eigenvalue weighted by Crippen LogP contribution is -2.37. The summed E-state index contributed by atoms with van der Waals surface area (Å²) in [6.45, 7) is 0.348. The van der Waals surface area contributed by atoms with Crippen molar-refractivity contribution in [2.45, 2.75) is 3.93 Å². The van der Waals surface area contributed by atoms with Crippen LogP contribution in [0.2, 0.25) is 5.02 Å². The molecule has 3 rings (SSSR count). The van der Waals surface area contributed by atoms with Crippen LogP contribution in [-0.2, 0) is 14.0 Å². The number of fused-ring (bicyclic) bond motifs is 1. The molecule has 0 fully saturated rings. The highest BCUT2D eigenvalue weighted by molar-refractivity contribution is 14.1. The number of nitrogens with one attached hydrogen (secondary N) is 1. The lowest BCUT2D eigenvalue weighted by Gasteiger charge is -2.30. The van der Waals surface area contributed by atoms with Crippen LogP contribution in [0.15, 0.2) is 30.3 Å². The molecule has 0 atom stereocenters. The summed E-state index contributed by atoms with van der Waals surface area (Å²) in [5, 5.41) is 0.0861. The molecule has 0 saturated carbocycles. The summed E-state index contributed by atoms with van der Waals surface area (Å²) in [5.74, 6) is 0.364. The van der Waals surface area contributed by atoms with Crippen LogP contribution in [-0.4, -0.2) is 27.8 Å². The van der Waals surface area contributed by atoms with E-state index < -0.39 is 14.0 Å². The first-order chi connectivity index (χ1) is 12.5. The lowest BCUT2D eigenvalue weighted by atomic mass is 9.98. The van der Waals surface area contributed by atoms with Crippen LogP contribution in [0.1, 0.15) is 5.56 Å². The molecule has 27 heavy (non-hydrogen) atoms. The van der Waals surface area contributed by atoms with Crippen molar-refractivity contribution >= 4 is 68.4 Å². The summed E-state index contributed by atoms with van der Waals surface area (Å²) in [6, 6.07) is 7.35. The number of hydrogen-bond donors (Lipinski definition) is 2. The van der Waals surface area contributed by atoms with Gasteiger partial charge in [0.2, 0.25) is 10.0 Å². The highest BCUT2D eigenvalue weighted by Gasteiger charge is 2.33. The molecule has 0 bridgehead atoms. The number of thiol groups is 1. The zero-order chi connectivity index (χ0) is 20.0. The molecule has 0 spiro atoms. The van der Waals surface area contributed by atoms with Gasteiger partial charge in [0.15, 0.2) is 0 Å². The minimum absolute atomic E-state index is 0.0861. The van der Waals surface area contributed by atoms with Gasteiger partial charge in [-0.2, -0.15) is 8.78 Å². The summed E-state index contributed by atoms with van der Waals surface area (Å²) >= 11 is 11.2. The first kappa shape index (κ1) is 20.7. The first-order valence-electron chi connectivity index (χ1n) is 7.58. The van der Waals surface area contributed by atoms with Crippen LogP contribution in [0, 0.1) is 0 Å². The summed E-state index contributed by atoms with van der Waals surface area (Å²) < 4.78 is 58.6. The van der Waals surface area contributed by atoms with E-state index in [2.05, 4.69) is 17.5 Å². The van der Waals surface area contributed by atoms with Crippen LogP contribution in [0.25, 0.3) is 11.1 Å². The van der Waals surface area contributed by atoms with Crippen LogP contribution >= 0.6 is 47.0 Å². The quantitative estimate of drug-likeness (QED) is 0.325. The SMILES string of the molecule is CS(=O)(=O)N1CCOc2ccc(-c3c(Cl)cc(NS)cc3C(F)(F)I)cc21. The zero-order valence-corrected chi connectivity index (χ0v) is 18.5. The second-order valence-electron chi connectivity index (χ2n) is 5.86. The average molecular weight is 547 g/mol. The molecule has 0 aliphatic carbocycles. The van der Waals surface area contributed by atoms with Crippen LogP contribution in [0.3, 0.4) is 0 Å². The third-order valence-electron chi connectivity index (χ3n) is 3.99. The van der Waals surface area contributed by atoms with Gasteiger partial charge in [0.25, 0.3) is 0 Å². The van der Waals surface area contributed by atoms with Gasteiger partial charge in [0.1, 0.15) is 12.4 Å². The molecule has 5 nitrogen and oxygen atoms in total. The molecule has 0 amide bonds. The van der Waals surface area contributed by atoms with Crippen molar-refractivity contribution in [2.24, 2.45) is 0 Å². The number of nitrogens with zero attached hydrogens (tertiary/aromatic N) is 1. The molecule has 2 aromatic carbocycles. The van der Waals surface area contributed by atoms with Crippen LogP contribution in [0.5, 0.6) is 5.75 Å². The van der Waals surface area contributed by atoms with Gasteiger partial charge in [0.05, 0.1) is 23.5 Å². The van der Waals surface area contributed by atoms with Gasteiger partial charge < -0.3 is 9.46 Å². The Hall–Kier alpha value is -0.980. The third kappa shape index (κ3) is 4.22. The molecular weight excluding hydrogens is 533 g/mol. The summed E-state index contributed by atoms with van der Waals surface area (Å²) in [7, 11) is -3.55. The number of alkyl halides is 3. The molecule has 1 N–H and O–H groups in total. The Morgan fingerprint density at radius 1 is 1.33 bits per heavy atom. The van der Waals surface area contributed by atoms with E-state index in [1.165, 1.54) is 22.5 Å². The number of benzene rings is 2. The maximum Gasteiger partial charge on any atom is 0.322 e. The van der Waals surface area contributed by atoms with Crippen molar-refractivity contribution in [3.63, 3.8) is 0 Å². The normalized spacial score (nSPS) is 14.5. The van der Waals surface area contributed by atoms with Crippen LogP contribution < -0.4 is 13.8 Å². The van der Waals surface area contributed by atoms with E-state index >= 15 is 0 Å². The fourth-order valence-electron chi connectivity index (χ4n) is 2.88. The number of ether oxygens (including phenoxy) is 1.